The third-order valence-electron chi connectivity index (χ3n) is 3.29. The fourth-order valence-electron chi connectivity index (χ4n) is 1.99. The number of carbonyl (C=O) groups excluding carboxylic acids is 1. The number of nitrogens with two attached hydrogens (primary N) is 1. The van der Waals surface area contributed by atoms with Crippen molar-refractivity contribution in [1.82, 2.24) is 24.8 Å². The number of amides is 1. The molecule has 11 heteroatoms. The van der Waals surface area contributed by atoms with Crippen LogP contribution in [0.15, 0.2) is 41.9 Å². The van der Waals surface area contributed by atoms with Gasteiger partial charge in [0.05, 0.1) is 15.3 Å². The van der Waals surface area contributed by atoms with Crippen LogP contribution in [0.1, 0.15) is 6.92 Å². The molecular weight excluding hydrogens is 397 g/mol. The molecule has 26 heavy (non-hydrogen) atoms. The molecule has 0 saturated carbocycles. The highest BCUT2D eigenvalue weighted by molar-refractivity contribution is 8.00. The van der Waals surface area contributed by atoms with Gasteiger partial charge < -0.3 is 11.2 Å². The Balaban J connectivity index is 1.71. The van der Waals surface area contributed by atoms with Gasteiger partial charge >= 0.3 is 0 Å². The predicted molar refractivity (Wildman–Crippen MR) is 102 cm³/mol. The van der Waals surface area contributed by atoms with E-state index in [1.807, 2.05) is 6.07 Å². The molecule has 0 fully saturated rings. The van der Waals surface area contributed by atoms with Crippen LogP contribution in [0, 0.1) is 0 Å². The Labute approximate surface area is 163 Å². The van der Waals surface area contributed by atoms with Gasteiger partial charge in [-0.25, -0.2) is 9.66 Å². The minimum absolute atomic E-state index is 0.235. The van der Waals surface area contributed by atoms with Crippen LogP contribution in [0.2, 0.25) is 10.0 Å². The van der Waals surface area contributed by atoms with Crippen molar-refractivity contribution < 1.29 is 4.79 Å². The number of nitrogens with one attached hydrogen (secondary N) is 1. The van der Waals surface area contributed by atoms with Crippen LogP contribution >= 0.6 is 35.0 Å². The number of nitrogen functional groups attached to an aromatic ring is 1. The van der Waals surface area contributed by atoms with E-state index in [1.165, 1.54) is 16.9 Å². The van der Waals surface area contributed by atoms with Gasteiger partial charge in [-0.3, -0.25) is 9.78 Å². The summed E-state index contributed by atoms with van der Waals surface area (Å²) in [4.78, 5) is 20.4. The lowest BCUT2D eigenvalue weighted by molar-refractivity contribution is -0.115. The minimum atomic E-state index is -0.517. The number of hydrogen-bond donors (Lipinski definition) is 2. The molecule has 3 aromatic rings. The summed E-state index contributed by atoms with van der Waals surface area (Å²) in [6, 6.07) is 5.09. The van der Waals surface area contributed by atoms with E-state index < -0.39 is 5.25 Å². The highest BCUT2D eigenvalue weighted by atomic mass is 35.5. The van der Waals surface area contributed by atoms with Gasteiger partial charge in [0.1, 0.15) is 0 Å². The van der Waals surface area contributed by atoms with Gasteiger partial charge in [-0.05, 0) is 25.1 Å². The maximum atomic E-state index is 12.4. The second-order valence-corrected chi connectivity index (χ2v) is 7.30. The topological polar surface area (TPSA) is 112 Å². The Morgan fingerprint density at radius 3 is 2.85 bits per heavy atom. The molecule has 3 heterocycles. The van der Waals surface area contributed by atoms with Gasteiger partial charge in [0.25, 0.3) is 0 Å². The summed E-state index contributed by atoms with van der Waals surface area (Å²) in [5.41, 5.74) is 0.726. The quantitative estimate of drug-likeness (QED) is 0.491. The molecule has 0 aliphatic carbocycles. The first kappa shape index (κ1) is 18.4. The maximum absolute atomic E-state index is 12.4. The second kappa shape index (κ2) is 7.90. The van der Waals surface area contributed by atoms with Crippen LogP contribution in [0.5, 0.6) is 0 Å². The van der Waals surface area contributed by atoms with Gasteiger partial charge in [-0.2, -0.15) is 0 Å². The Hall–Kier alpha value is -2.36. The average Bonchev–Trinajstić information content (AvgIpc) is 2.98. The number of pyridine rings is 2. The lowest BCUT2D eigenvalue weighted by Crippen LogP contribution is -2.24. The van der Waals surface area contributed by atoms with Crippen LogP contribution in [0.3, 0.4) is 0 Å². The number of halogens is 2. The molecule has 1 atom stereocenters. The number of anilines is 1. The fourth-order valence-corrected chi connectivity index (χ4v) is 3.18. The lowest BCUT2D eigenvalue weighted by atomic mass is 10.3. The average molecular weight is 410 g/mol. The molecule has 8 nitrogen and oxygen atoms in total. The van der Waals surface area contributed by atoms with Crippen molar-refractivity contribution in [3.8, 4) is 11.4 Å². The molecule has 1 amide bonds. The summed E-state index contributed by atoms with van der Waals surface area (Å²) < 4.78 is 1.32. The van der Waals surface area contributed by atoms with E-state index >= 15 is 0 Å². The first-order chi connectivity index (χ1) is 12.5. The van der Waals surface area contributed by atoms with E-state index in [0.717, 1.165) is 17.3 Å². The van der Waals surface area contributed by atoms with Crippen LogP contribution in [-0.4, -0.2) is 36.0 Å². The van der Waals surface area contributed by atoms with Crippen molar-refractivity contribution in [3.63, 3.8) is 0 Å². The highest BCUT2D eigenvalue weighted by Crippen LogP contribution is 2.27. The minimum Gasteiger partial charge on any atom is -0.335 e. The third kappa shape index (κ3) is 4.06. The highest BCUT2D eigenvalue weighted by Gasteiger charge is 2.21. The lowest BCUT2D eigenvalue weighted by Gasteiger charge is -2.12. The summed E-state index contributed by atoms with van der Waals surface area (Å²) in [5.74, 6) is 6.42. The molecule has 0 aliphatic rings. The van der Waals surface area contributed by atoms with Crippen LogP contribution < -0.4 is 11.2 Å². The second-order valence-electron chi connectivity index (χ2n) is 5.15. The standard InChI is InChI=1S/C15H13Cl2N7OS/c1-8(14(25)21-12-11(17)5-10(16)7-20-12)26-15-23-22-13(24(15)18)9-3-2-4-19-6-9/h2-8H,18H2,1H3,(H,20,21,25)/t8-/m0/s1. The molecule has 0 aromatic carbocycles. The molecular formula is C15H13Cl2N7OS. The molecule has 0 unspecified atom stereocenters. The van der Waals surface area contributed by atoms with Gasteiger partial charge in [-0.15, -0.1) is 10.2 Å². The number of rotatable bonds is 5. The molecule has 3 aromatic heterocycles. The molecule has 3 rings (SSSR count). The van der Waals surface area contributed by atoms with Gasteiger partial charge in [0.15, 0.2) is 11.6 Å². The number of aromatic nitrogens is 5. The Bertz CT molecular complexity index is 935. The van der Waals surface area contributed by atoms with Crippen LogP contribution in [-0.2, 0) is 4.79 Å². The summed E-state index contributed by atoms with van der Waals surface area (Å²) in [5, 5.41) is 11.2. The zero-order chi connectivity index (χ0) is 18.7. The number of carbonyl (C=O) groups is 1. The first-order valence-corrected chi connectivity index (χ1v) is 8.98. The molecule has 0 bridgehead atoms. The Kier molecular flexibility index (Phi) is 5.60. The fraction of sp³-hybridized carbons (Fsp3) is 0.133. The van der Waals surface area contributed by atoms with Gasteiger partial charge in [-0.1, -0.05) is 35.0 Å². The largest absolute Gasteiger partial charge is 0.335 e. The SMILES string of the molecule is C[C@H](Sc1nnc(-c2cccnc2)n1N)C(=O)Nc1ncc(Cl)cc1Cl. The normalized spacial score (nSPS) is 12.0. The summed E-state index contributed by atoms with van der Waals surface area (Å²) in [7, 11) is 0. The zero-order valence-corrected chi connectivity index (χ0v) is 15.8. The predicted octanol–water partition coefficient (Wildman–Crippen LogP) is 2.88. The molecule has 0 radical (unpaired) electrons. The third-order valence-corrected chi connectivity index (χ3v) is 4.84. The van der Waals surface area contributed by atoms with Crippen LogP contribution in [0.25, 0.3) is 11.4 Å². The monoisotopic (exact) mass is 409 g/mol. The van der Waals surface area contributed by atoms with E-state index in [0.29, 0.717) is 16.0 Å². The van der Waals surface area contributed by atoms with Crippen molar-refractivity contribution >= 4 is 46.7 Å². The molecule has 134 valence electrons. The van der Waals surface area contributed by atoms with Crippen molar-refractivity contribution in [2.45, 2.75) is 17.3 Å². The van der Waals surface area contributed by atoms with Gasteiger partial charge in [0.2, 0.25) is 11.1 Å². The van der Waals surface area contributed by atoms with Crippen molar-refractivity contribution in [3.05, 3.63) is 46.8 Å². The Morgan fingerprint density at radius 2 is 2.15 bits per heavy atom. The number of nitrogens with zero attached hydrogens (tertiary/aromatic N) is 5. The van der Waals surface area contributed by atoms with Crippen molar-refractivity contribution in [1.29, 1.82) is 0 Å². The summed E-state index contributed by atoms with van der Waals surface area (Å²) in [6.45, 7) is 1.71. The number of thioether (sulfide) groups is 1. The first-order valence-electron chi connectivity index (χ1n) is 7.35. The molecule has 0 aliphatic heterocycles. The molecule has 0 saturated heterocycles. The zero-order valence-electron chi connectivity index (χ0n) is 13.4. The Morgan fingerprint density at radius 1 is 1.35 bits per heavy atom. The van der Waals surface area contributed by atoms with Crippen molar-refractivity contribution in [2.75, 3.05) is 11.2 Å². The van der Waals surface area contributed by atoms with E-state index in [4.69, 9.17) is 29.0 Å². The summed E-state index contributed by atoms with van der Waals surface area (Å²) in [6.07, 6.45) is 4.68. The maximum Gasteiger partial charge on any atom is 0.238 e. The van der Waals surface area contributed by atoms with Crippen molar-refractivity contribution in [2.24, 2.45) is 0 Å². The van der Waals surface area contributed by atoms with E-state index in [1.54, 1.807) is 25.4 Å². The van der Waals surface area contributed by atoms with E-state index in [-0.39, 0.29) is 16.7 Å². The smallest absolute Gasteiger partial charge is 0.238 e. The van der Waals surface area contributed by atoms with Gasteiger partial charge in [0, 0.05) is 24.2 Å². The summed E-state index contributed by atoms with van der Waals surface area (Å²) >= 11 is 13.0. The number of hydrogen-bond acceptors (Lipinski definition) is 7. The van der Waals surface area contributed by atoms with E-state index in [9.17, 15) is 4.79 Å². The van der Waals surface area contributed by atoms with Crippen LogP contribution in [0.4, 0.5) is 5.82 Å². The molecule has 0 spiro atoms. The van der Waals surface area contributed by atoms with E-state index in [2.05, 4.69) is 25.5 Å². The molecule has 3 N–H and O–H groups in total.